The average molecular weight is 623 g/mol. The predicted octanol–water partition coefficient (Wildman–Crippen LogP) is 0.476. The van der Waals surface area contributed by atoms with Gasteiger partial charge in [-0.2, -0.15) is 0 Å². The van der Waals surface area contributed by atoms with Crippen LogP contribution in [0.3, 0.4) is 0 Å². The van der Waals surface area contributed by atoms with Crippen molar-refractivity contribution in [3.05, 3.63) is 95.1 Å². The fourth-order valence-corrected chi connectivity index (χ4v) is 4.85. The highest BCUT2D eigenvalue weighted by molar-refractivity contribution is 5.91. The minimum absolute atomic E-state index is 0.316. The minimum Gasteiger partial charge on any atom is -0.465 e. The highest BCUT2D eigenvalue weighted by atomic mass is 16.5. The van der Waals surface area contributed by atoms with Crippen LogP contribution in [0.2, 0.25) is 0 Å². The molecule has 4 aromatic heterocycles. The Kier molecular flexibility index (Phi) is 7.53. The highest BCUT2D eigenvalue weighted by Crippen LogP contribution is 2.20. The summed E-state index contributed by atoms with van der Waals surface area (Å²) in [6, 6.07) is 10.3. The van der Waals surface area contributed by atoms with Gasteiger partial charge in [-0.3, -0.25) is 0 Å². The van der Waals surface area contributed by atoms with Crippen LogP contribution in [0.5, 0.6) is 0 Å². The summed E-state index contributed by atoms with van der Waals surface area (Å²) >= 11 is 0. The van der Waals surface area contributed by atoms with Crippen LogP contribution >= 0.6 is 0 Å². The number of methoxy groups -OCH3 is 2. The number of carbonyl (C=O) groups excluding carboxylic acids is 2. The lowest BCUT2D eigenvalue weighted by Gasteiger charge is -2.08. The van der Waals surface area contributed by atoms with E-state index in [4.69, 9.17) is 9.47 Å². The van der Waals surface area contributed by atoms with Crippen molar-refractivity contribution in [2.45, 2.75) is 26.2 Å². The second kappa shape index (κ2) is 12.1. The number of hydrogen-bond donors (Lipinski definition) is 2. The number of carbonyl (C=O) groups is 2. The number of nitrogens with one attached hydrogen (secondary N) is 2. The maximum absolute atomic E-state index is 12.5. The molecule has 12 bridgehead atoms. The summed E-state index contributed by atoms with van der Waals surface area (Å²) < 4.78 is 16.2. The van der Waals surface area contributed by atoms with Gasteiger partial charge in [-0.05, 0) is 36.4 Å². The van der Waals surface area contributed by atoms with Gasteiger partial charge in [0.05, 0.1) is 95.7 Å². The number of nitrogens with zero attached hydrogens (tertiary/aromatic N) is 12. The van der Waals surface area contributed by atoms with E-state index in [-0.39, 0.29) is 0 Å². The zero-order valence-corrected chi connectivity index (χ0v) is 24.6. The Morgan fingerprint density at radius 3 is 1.07 bits per heavy atom. The van der Waals surface area contributed by atoms with Gasteiger partial charge in [-0.25, -0.2) is 28.3 Å². The van der Waals surface area contributed by atoms with Gasteiger partial charge in [0, 0.05) is 26.2 Å². The Bertz CT molecular complexity index is 1790. The highest BCUT2D eigenvalue weighted by Gasteiger charge is 2.16. The zero-order chi connectivity index (χ0) is 31.6. The van der Waals surface area contributed by atoms with Crippen molar-refractivity contribution in [1.29, 1.82) is 0 Å². The number of fused-ring (bicyclic) bond motifs is 16. The van der Waals surface area contributed by atoms with Crippen LogP contribution in [0.4, 0.5) is 0 Å². The predicted molar refractivity (Wildman–Crippen MR) is 156 cm³/mol. The number of rotatable bonds is 2. The molecule has 0 radical (unpaired) electrons. The standard InChI is InChI=1S/C28H26N14O4/c1-45-27(43)17-3-23-7-24(4-17)40-14-20(32-36-40)10-30-12-22-16-42(38-34-22)26-6-18(28(44)46-2)5-25(8-26)41-15-21(33-37-41)11-29-9-19-13-39(23)35-31-19/h3-8,13-16,29-30H,9-12H2,1-2H3. The van der Waals surface area contributed by atoms with Crippen molar-refractivity contribution in [2.24, 2.45) is 0 Å². The van der Waals surface area contributed by atoms with Crippen molar-refractivity contribution < 1.29 is 19.1 Å². The summed E-state index contributed by atoms with van der Waals surface area (Å²) in [5.74, 6) is -1.01. The van der Waals surface area contributed by atoms with Gasteiger partial charge < -0.3 is 20.1 Å². The number of ether oxygens (including phenoxy) is 2. The molecule has 46 heavy (non-hydrogen) atoms. The Balaban J connectivity index is 1.24. The van der Waals surface area contributed by atoms with E-state index < -0.39 is 11.9 Å². The molecular weight excluding hydrogens is 596 g/mol. The molecule has 0 spiro atoms. The van der Waals surface area contributed by atoms with Crippen molar-refractivity contribution in [2.75, 3.05) is 14.2 Å². The summed E-state index contributed by atoms with van der Waals surface area (Å²) in [6.07, 6.45) is 7.03. The van der Waals surface area contributed by atoms with Gasteiger partial charge in [0.1, 0.15) is 0 Å². The lowest BCUT2D eigenvalue weighted by Crippen LogP contribution is -2.13. The average Bonchev–Trinajstić information content (AvgIpc) is 3.91. The van der Waals surface area contributed by atoms with Crippen LogP contribution in [0.25, 0.3) is 22.7 Å². The van der Waals surface area contributed by atoms with Gasteiger partial charge in [-0.15, -0.1) is 20.4 Å². The molecule has 0 unspecified atom stereocenters. The topological polar surface area (TPSA) is 200 Å². The Morgan fingerprint density at radius 1 is 0.522 bits per heavy atom. The van der Waals surface area contributed by atoms with E-state index in [0.29, 0.717) is 82.8 Å². The number of aromatic nitrogens is 12. The Hall–Kier alpha value is -6.14. The molecule has 0 aliphatic carbocycles. The summed E-state index contributed by atoms with van der Waals surface area (Å²) in [7, 11) is 2.65. The fraction of sp³-hybridized carbons (Fsp3) is 0.214. The second-order valence-electron chi connectivity index (χ2n) is 10.3. The normalized spacial score (nSPS) is 13.1. The van der Waals surface area contributed by atoms with Crippen LogP contribution < -0.4 is 10.6 Å². The summed E-state index contributed by atoms with van der Waals surface area (Å²) in [6.45, 7) is 1.53. The molecule has 6 aromatic rings. The molecule has 232 valence electrons. The second-order valence-corrected chi connectivity index (χ2v) is 10.3. The Morgan fingerprint density at radius 2 is 0.804 bits per heavy atom. The van der Waals surface area contributed by atoms with Crippen molar-refractivity contribution >= 4 is 11.9 Å². The lowest BCUT2D eigenvalue weighted by molar-refractivity contribution is 0.0592. The maximum atomic E-state index is 12.5. The molecule has 0 amide bonds. The molecule has 5 heterocycles. The third-order valence-electron chi connectivity index (χ3n) is 7.09. The number of esters is 2. The molecule has 0 atom stereocenters. The number of benzene rings is 2. The van der Waals surface area contributed by atoms with Crippen molar-refractivity contribution in [3.8, 4) is 22.7 Å². The van der Waals surface area contributed by atoms with E-state index in [1.165, 1.54) is 14.2 Å². The van der Waals surface area contributed by atoms with E-state index in [0.717, 1.165) is 0 Å². The number of hydrogen-bond acceptors (Lipinski definition) is 14. The van der Waals surface area contributed by atoms with E-state index in [9.17, 15) is 9.59 Å². The van der Waals surface area contributed by atoms with E-state index >= 15 is 0 Å². The van der Waals surface area contributed by atoms with Gasteiger partial charge in [0.2, 0.25) is 0 Å². The third-order valence-corrected chi connectivity index (χ3v) is 7.09. The summed E-state index contributed by atoms with van der Waals surface area (Å²) in [5, 5.41) is 40.7. The largest absolute Gasteiger partial charge is 0.465 e. The Labute approximate surface area is 259 Å². The van der Waals surface area contributed by atoms with Crippen LogP contribution in [0.15, 0.2) is 61.2 Å². The lowest BCUT2D eigenvalue weighted by atomic mass is 10.1. The monoisotopic (exact) mass is 622 g/mol. The maximum Gasteiger partial charge on any atom is 0.338 e. The minimum atomic E-state index is -0.506. The third kappa shape index (κ3) is 5.84. The summed E-state index contributed by atoms with van der Waals surface area (Å²) in [5.41, 5.74) is 5.59. The molecule has 0 fully saturated rings. The fourth-order valence-electron chi connectivity index (χ4n) is 4.85. The molecule has 18 nitrogen and oxygen atoms in total. The van der Waals surface area contributed by atoms with Crippen molar-refractivity contribution in [3.63, 3.8) is 0 Å². The van der Waals surface area contributed by atoms with Crippen LogP contribution in [-0.4, -0.2) is 86.1 Å². The molecule has 2 aromatic carbocycles. The smallest absolute Gasteiger partial charge is 0.338 e. The molecule has 7 rings (SSSR count). The molecule has 0 saturated carbocycles. The SMILES string of the molecule is COC(=O)c1cc2cc(c1)-n1cc(nn1)CNCc1cn(nn1)-c1cc(C(=O)OC)cc(c1)-n1cc(nn1)CNCc1cn-2nn1. The molecule has 1 aliphatic heterocycles. The molecule has 1 aliphatic rings. The molecule has 18 heteroatoms. The van der Waals surface area contributed by atoms with Crippen LogP contribution in [-0.2, 0) is 35.7 Å². The first kappa shape index (κ1) is 28.6. The van der Waals surface area contributed by atoms with E-state index in [2.05, 4.69) is 51.9 Å². The first-order chi connectivity index (χ1) is 22.4. The van der Waals surface area contributed by atoms with Crippen LogP contribution in [0.1, 0.15) is 43.5 Å². The van der Waals surface area contributed by atoms with Gasteiger partial charge in [-0.1, -0.05) is 20.9 Å². The first-order valence-corrected chi connectivity index (χ1v) is 14.0. The zero-order valence-electron chi connectivity index (χ0n) is 24.6. The van der Waals surface area contributed by atoms with Gasteiger partial charge in [0.25, 0.3) is 0 Å². The van der Waals surface area contributed by atoms with Gasteiger partial charge >= 0.3 is 11.9 Å². The summed E-state index contributed by atoms with van der Waals surface area (Å²) in [4.78, 5) is 25.0. The molecule has 2 N–H and O–H groups in total. The van der Waals surface area contributed by atoms with Crippen molar-refractivity contribution in [1.82, 2.24) is 70.6 Å². The van der Waals surface area contributed by atoms with Crippen LogP contribution in [0, 0.1) is 0 Å². The quantitative estimate of drug-likeness (QED) is 0.253. The first-order valence-electron chi connectivity index (χ1n) is 14.0. The molecule has 0 saturated heterocycles. The molecular formula is C28H26N14O4. The van der Waals surface area contributed by atoms with E-state index in [1.54, 1.807) is 67.8 Å². The van der Waals surface area contributed by atoms with Gasteiger partial charge in [0.15, 0.2) is 0 Å². The van der Waals surface area contributed by atoms with E-state index in [1.807, 2.05) is 12.1 Å².